The molecule has 2 heterocycles. The van der Waals surface area contributed by atoms with Gasteiger partial charge in [0.15, 0.2) is 5.13 Å². The molecule has 100 valence electrons. The van der Waals surface area contributed by atoms with E-state index in [9.17, 15) is 4.79 Å². The minimum absolute atomic E-state index is 0.189. The van der Waals surface area contributed by atoms with Gasteiger partial charge in [-0.05, 0) is 32.0 Å². The summed E-state index contributed by atoms with van der Waals surface area (Å²) in [7, 11) is 0. The summed E-state index contributed by atoms with van der Waals surface area (Å²) in [6.07, 6.45) is 3.24. The van der Waals surface area contributed by atoms with E-state index in [4.69, 9.17) is 0 Å². The van der Waals surface area contributed by atoms with Crippen LogP contribution in [0.1, 0.15) is 20.9 Å². The number of rotatable bonds is 2. The fraction of sp³-hybridized carbons (Fsp3) is 0.143. The lowest BCUT2D eigenvalue weighted by molar-refractivity contribution is 0.102. The third-order valence-electron chi connectivity index (χ3n) is 2.98. The van der Waals surface area contributed by atoms with E-state index in [1.54, 1.807) is 30.6 Å². The minimum atomic E-state index is -0.189. The van der Waals surface area contributed by atoms with Gasteiger partial charge in [0.05, 0.1) is 16.7 Å². The van der Waals surface area contributed by atoms with Gasteiger partial charge in [-0.1, -0.05) is 0 Å². The van der Waals surface area contributed by atoms with Gasteiger partial charge in [0, 0.05) is 22.8 Å². The van der Waals surface area contributed by atoms with Crippen LogP contribution < -0.4 is 5.32 Å². The van der Waals surface area contributed by atoms with Crippen LogP contribution in [0.5, 0.6) is 0 Å². The molecule has 0 fully saturated rings. The summed E-state index contributed by atoms with van der Waals surface area (Å²) in [6.45, 7) is 3.90. The third-order valence-corrected chi connectivity index (χ3v) is 3.97. The molecule has 0 aliphatic heterocycles. The van der Waals surface area contributed by atoms with Crippen molar-refractivity contribution in [2.24, 2.45) is 0 Å². The topological polar surface area (TPSA) is 67.8 Å². The zero-order valence-electron chi connectivity index (χ0n) is 11.0. The Morgan fingerprint density at radius 2 is 1.90 bits per heavy atom. The molecule has 0 bridgehead atoms. The first-order valence-electron chi connectivity index (χ1n) is 6.09. The maximum atomic E-state index is 12.2. The highest BCUT2D eigenvalue weighted by Gasteiger charge is 2.11. The normalized spacial score (nSPS) is 10.7. The zero-order valence-corrected chi connectivity index (χ0v) is 11.9. The number of hydrogen-bond acceptors (Lipinski definition) is 5. The summed E-state index contributed by atoms with van der Waals surface area (Å²) in [6, 6.07) is 5.25. The quantitative estimate of drug-likeness (QED) is 0.785. The van der Waals surface area contributed by atoms with E-state index < -0.39 is 0 Å². The molecule has 0 aliphatic rings. The summed E-state index contributed by atoms with van der Waals surface area (Å²) in [5.41, 5.74) is 2.95. The van der Waals surface area contributed by atoms with Crippen LogP contribution in [-0.4, -0.2) is 20.9 Å². The Morgan fingerprint density at radius 1 is 1.15 bits per heavy atom. The van der Waals surface area contributed by atoms with Crippen molar-refractivity contribution >= 4 is 33.4 Å². The molecule has 0 aliphatic carbocycles. The van der Waals surface area contributed by atoms with Crippen LogP contribution in [0.4, 0.5) is 5.13 Å². The Bertz CT molecular complexity index is 777. The SMILES string of the molecule is Cc1nc(NC(=O)c2ccc3nccnc3c2)sc1C. The molecule has 2 aromatic heterocycles. The van der Waals surface area contributed by atoms with Gasteiger partial charge in [-0.2, -0.15) is 0 Å². The lowest BCUT2D eigenvalue weighted by Gasteiger charge is -2.02. The van der Waals surface area contributed by atoms with Gasteiger partial charge < -0.3 is 0 Å². The first kappa shape index (κ1) is 12.7. The van der Waals surface area contributed by atoms with Crippen LogP contribution in [-0.2, 0) is 0 Å². The van der Waals surface area contributed by atoms with Crippen LogP contribution in [0.2, 0.25) is 0 Å². The van der Waals surface area contributed by atoms with Crippen LogP contribution in [0, 0.1) is 13.8 Å². The molecule has 0 unspecified atom stereocenters. The summed E-state index contributed by atoms with van der Waals surface area (Å²) < 4.78 is 0. The van der Waals surface area contributed by atoms with E-state index in [-0.39, 0.29) is 5.91 Å². The monoisotopic (exact) mass is 284 g/mol. The number of carbonyl (C=O) groups excluding carboxylic acids is 1. The predicted octanol–water partition coefficient (Wildman–Crippen LogP) is 2.96. The van der Waals surface area contributed by atoms with E-state index in [0.29, 0.717) is 16.2 Å². The Morgan fingerprint density at radius 3 is 2.60 bits per heavy atom. The average molecular weight is 284 g/mol. The van der Waals surface area contributed by atoms with Crippen molar-refractivity contribution in [1.29, 1.82) is 0 Å². The smallest absolute Gasteiger partial charge is 0.257 e. The standard InChI is InChI=1S/C14H12N4OS/c1-8-9(2)20-14(17-8)18-13(19)10-3-4-11-12(7-10)16-6-5-15-11/h3-7H,1-2H3,(H,17,18,19). The number of hydrogen-bond donors (Lipinski definition) is 1. The summed E-state index contributed by atoms with van der Waals surface area (Å²) in [4.78, 5) is 26.0. The molecule has 0 saturated carbocycles. The number of nitrogens with one attached hydrogen (secondary N) is 1. The second kappa shape index (κ2) is 4.97. The van der Waals surface area contributed by atoms with Gasteiger partial charge in [0.25, 0.3) is 5.91 Å². The van der Waals surface area contributed by atoms with E-state index in [0.717, 1.165) is 16.1 Å². The largest absolute Gasteiger partial charge is 0.298 e. The Hall–Kier alpha value is -2.34. The fourth-order valence-electron chi connectivity index (χ4n) is 1.80. The van der Waals surface area contributed by atoms with Crippen LogP contribution in [0.3, 0.4) is 0 Å². The lowest BCUT2D eigenvalue weighted by Crippen LogP contribution is -2.11. The van der Waals surface area contributed by atoms with Crippen molar-refractivity contribution in [3.05, 3.63) is 46.7 Å². The van der Waals surface area contributed by atoms with Crippen molar-refractivity contribution < 1.29 is 4.79 Å². The highest BCUT2D eigenvalue weighted by molar-refractivity contribution is 7.15. The van der Waals surface area contributed by atoms with Gasteiger partial charge in [-0.25, -0.2) is 4.98 Å². The van der Waals surface area contributed by atoms with E-state index in [1.165, 1.54) is 11.3 Å². The third kappa shape index (κ3) is 2.37. The number of fused-ring (bicyclic) bond motifs is 1. The molecule has 0 atom stereocenters. The number of nitrogens with zero attached hydrogens (tertiary/aromatic N) is 3. The summed E-state index contributed by atoms with van der Waals surface area (Å²) in [5, 5.41) is 3.42. The Balaban J connectivity index is 1.88. The predicted molar refractivity (Wildman–Crippen MR) is 79.1 cm³/mol. The highest BCUT2D eigenvalue weighted by Crippen LogP contribution is 2.22. The van der Waals surface area contributed by atoms with Crippen molar-refractivity contribution in [1.82, 2.24) is 15.0 Å². The lowest BCUT2D eigenvalue weighted by atomic mass is 10.2. The van der Waals surface area contributed by atoms with E-state index in [2.05, 4.69) is 20.3 Å². The van der Waals surface area contributed by atoms with Crippen LogP contribution in [0.25, 0.3) is 11.0 Å². The summed E-state index contributed by atoms with van der Waals surface area (Å²) in [5.74, 6) is -0.189. The molecular weight excluding hydrogens is 272 g/mol. The molecule has 6 heteroatoms. The molecule has 0 radical (unpaired) electrons. The minimum Gasteiger partial charge on any atom is -0.298 e. The molecule has 1 N–H and O–H groups in total. The van der Waals surface area contributed by atoms with Gasteiger partial charge >= 0.3 is 0 Å². The number of anilines is 1. The van der Waals surface area contributed by atoms with Gasteiger partial charge in [0.2, 0.25) is 0 Å². The fourth-order valence-corrected chi connectivity index (χ4v) is 2.61. The van der Waals surface area contributed by atoms with Gasteiger partial charge in [-0.15, -0.1) is 11.3 Å². The molecular formula is C14H12N4OS. The number of amides is 1. The second-order valence-corrected chi connectivity index (χ2v) is 5.58. The van der Waals surface area contributed by atoms with E-state index in [1.807, 2.05) is 13.8 Å². The number of aryl methyl sites for hydroxylation is 2. The number of thiazole rings is 1. The second-order valence-electron chi connectivity index (χ2n) is 4.37. The average Bonchev–Trinajstić information content (AvgIpc) is 2.76. The Labute approximate surface area is 119 Å². The molecule has 0 spiro atoms. The van der Waals surface area contributed by atoms with Gasteiger partial charge in [0.1, 0.15) is 0 Å². The molecule has 1 amide bonds. The molecule has 3 aromatic rings. The van der Waals surface area contributed by atoms with Crippen molar-refractivity contribution in [2.75, 3.05) is 5.32 Å². The first-order valence-corrected chi connectivity index (χ1v) is 6.91. The first-order chi connectivity index (χ1) is 9.63. The molecule has 1 aromatic carbocycles. The molecule has 0 saturated heterocycles. The zero-order chi connectivity index (χ0) is 14.1. The molecule has 5 nitrogen and oxygen atoms in total. The van der Waals surface area contributed by atoms with Crippen LogP contribution in [0.15, 0.2) is 30.6 Å². The number of aromatic nitrogens is 3. The maximum Gasteiger partial charge on any atom is 0.257 e. The molecule has 3 rings (SSSR count). The van der Waals surface area contributed by atoms with Gasteiger partial charge in [-0.3, -0.25) is 20.1 Å². The van der Waals surface area contributed by atoms with Crippen LogP contribution >= 0.6 is 11.3 Å². The summed E-state index contributed by atoms with van der Waals surface area (Å²) >= 11 is 1.47. The maximum absolute atomic E-state index is 12.2. The highest BCUT2D eigenvalue weighted by atomic mass is 32.1. The molecule has 20 heavy (non-hydrogen) atoms. The van der Waals surface area contributed by atoms with E-state index >= 15 is 0 Å². The van der Waals surface area contributed by atoms with Crippen molar-refractivity contribution in [3.8, 4) is 0 Å². The number of benzene rings is 1. The Kier molecular flexibility index (Phi) is 3.15. The number of carbonyl (C=O) groups is 1. The van der Waals surface area contributed by atoms with Crippen molar-refractivity contribution in [2.45, 2.75) is 13.8 Å². The van der Waals surface area contributed by atoms with Crippen molar-refractivity contribution in [3.63, 3.8) is 0 Å².